The van der Waals surface area contributed by atoms with E-state index in [9.17, 15) is 9.18 Å². The second-order valence-electron chi connectivity index (χ2n) is 7.34. The van der Waals surface area contributed by atoms with E-state index in [0.29, 0.717) is 17.3 Å². The van der Waals surface area contributed by atoms with Gasteiger partial charge in [-0.3, -0.25) is 9.36 Å². The lowest BCUT2D eigenvalue weighted by molar-refractivity contribution is -0.120. The zero-order valence-corrected chi connectivity index (χ0v) is 19.2. The Morgan fingerprint density at radius 1 is 1.03 bits per heavy atom. The number of hydrogen-bond donors (Lipinski definition) is 2. The van der Waals surface area contributed by atoms with Crippen LogP contribution in [-0.4, -0.2) is 32.1 Å². The Morgan fingerprint density at radius 2 is 1.71 bits per heavy atom. The zero-order valence-electron chi connectivity index (χ0n) is 18.4. The molecule has 0 spiro atoms. The standard InChI is InChI=1S/C25H23FN6OS/c1-18(24(33)30-28-16-19-12-14-20(26)15-13-19)34-25-31-29-23(17-27-21-8-4-2-5-9-21)32(25)22-10-6-3-7-11-22/h2-16,18,27H,17H2,1H3,(H,30,33). The van der Waals surface area contributed by atoms with Gasteiger partial charge in [0, 0.05) is 11.4 Å². The van der Waals surface area contributed by atoms with Crippen LogP contribution in [-0.2, 0) is 11.3 Å². The minimum absolute atomic E-state index is 0.282. The quantitative estimate of drug-likeness (QED) is 0.210. The number of benzene rings is 3. The number of aromatic nitrogens is 3. The van der Waals surface area contributed by atoms with E-state index in [1.807, 2.05) is 65.2 Å². The molecule has 1 atom stereocenters. The Morgan fingerprint density at radius 3 is 2.41 bits per heavy atom. The van der Waals surface area contributed by atoms with Crippen molar-refractivity contribution in [1.82, 2.24) is 20.2 Å². The molecule has 1 unspecified atom stereocenters. The van der Waals surface area contributed by atoms with Gasteiger partial charge in [0.1, 0.15) is 5.82 Å². The van der Waals surface area contributed by atoms with Gasteiger partial charge in [-0.1, -0.05) is 60.3 Å². The highest BCUT2D eigenvalue weighted by molar-refractivity contribution is 8.00. The number of hydrogen-bond acceptors (Lipinski definition) is 6. The highest BCUT2D eigenvalue weighted by atomic mass is 32.2. The van der Waals surface area contributed by atoms with Gasteiger partial charge in [-0.25, -0.2) is 9.82 Å². The second kappa shape index (κ2) is 11.2. The molecule has 0 radical (unpaired) electrons. The molecule has 2 N–H and O–H groups in total. The number of carbonyl (C=O) groups is 1. The fourth-order valence-electron chi connectivity index (χ4n) is 3.09. The summed E-state index contributed by atoms with van der Waals surface area (Å²) in [6.45, 7) is 2.24. The molecule has 1 amide bonds. The van der Waals surface area contributed by atoms with Gasteiger partial charge in [0.05, 0.1) is 18.0 Å². The molecule has 0 saturated heterocycles. The van der Waals surface area contributed by atoms with Crippen LogP contribution < -0.4 is 10.7 Å². The highest BCUT2D eigenvalue weighted by Gasteiger charge is 2.21. The zero-order chi connectivity index (χ0) is 23.8. The van der Waals surface area contributed by atoms with Crippen LogP contribution in [0.2, 0.25) is 0 Å². The molecule has 4 rings (SSSR count). The molecule has 0 saturated carbocycles. The van der Waals surface area contributed by atoms with Crippen molar-refractivity contribution in [3.05, 3.63) is 102 Å². The van der Waals surface area contributed by atoms with Crippen LogP contribution in [0.4, 0.5) is 10.1 Å². The lowest BCUT2D eigenvalue weighted by Crippen LogP contribution is -2.27. The summed E-state index contributed by atoms with van der Waals surface area (Å²) in [5, 5.41) is 16.2. The normalized spacial score (nSPS) is 11.9. The van der Waals surface area contributed by atoms with Gasteiger partial charge in [-0.15, -0.1) is 10.2 Å². The van der Waals surface area contributed by atoms with Crippen molar-refractivity contribution in [1.29, 1.82) is 0 Å². The van der Waals surface area contributed by atoms with E-state index < -0.39 is 5.25 Å². The molecule has 4 aromatic rings. The van der Waals surface area contributed by atoms with E-state index in [0.717, 1.165) is 17.2 Å². The average Bonchev–Trinajstić information content (AvgIpc) is 3.27. The summed E-state index contributed by atoms with van der Waals surface area (Å²) in [5.74, 6) is 0.112. The molecular weight excluding hydrogens is 451 g/mol. The van der Waals surface area contributed by atoms with E-state index in [1.54, 1.807) is 19.1 Å². The summed E-state index contributed by atoms with van der Waals surface area (Å²) >= 11 is 1.29. The first-order valence-electron chi connectivity index (χ1n) is 10.6. The Balaban J connectivity index is 1.46. The van der Waals surface area contributed by atoms with Crippen molar-refractivity contribution in [2.24, 2.45) is 5.10 Å². The number of halogens is 1. The van der Waals surface area contributed by atoms with E-state index in [4.69, 9.17) is 0 Å². The Bertz CT molecular complexity index is 1250. The first-order chi connectivity index (χ1) is 16.6. The van der Waals surface area contributed by atoms with Gasteiger partial charge in [0.15, 0.2) is 11.0 Å². The predicted octanol–water partition coefficient (Wildman–Crippen LogP) is 4.65. The number of rotatable bonds is 9. The summed E-state index contributed by atoms with van der Waals surface area (Å²) < 4.78 is 14.9. The van der Waals surface area contributed by atoms with Crippen LogP contribution >= 0.6 is 11.8 Å². The lowest BCUT2D eigenvalue weighted by Gasteiger charge is -2.13. The van der Waals surface area contributed by atoms with E-state index in [-0.39, 0.29) is 11.7 Å². The minimum Gasteiger partial charge on any atom is -0.378 e. The summed E-state index contributed by atoms with van der Waals surface area (Å²) in [4.78, 5) is 12.6. The average molecular weight is 475 g/mol. The van der Waals surface area contributed by atoms with Crippen molar-refractivity contribution in [2.75, 3.05) is 5.32 Å². The van der Waals surface area contributed by atoms with Gasteiger partial charge in [0.25, 0.3) is 5.91 Å². The fourth-order valence-corrected chi connectivity index (χ4v) is 3.97. The van der Waals surface area contributed by atoms with Crippen LogP contribution in [0.1, 0.15) is 18.3 Å². The first-order valence-corrected chi connectivity index (χ1v) is 11.5. The van der Waals surface area contributed by atoms with Crippen LogP contribution in [0.5, 0.6) is 0 Å². The molecule has 0 fully saturated rings. The van der Waals surface area contributed by atoms with Gasteiger partial charge >= 0.3 is 0 Å². The maximum atomic E-state index is 13.0. The number of carbonyl (C=O) groups excluding carboxylic acids is 1. The molecular formula is C25H23FN6OS. The number of nitrogens with zero attached hydrogens (tertiary/aromatic N) is 4. The van der Waals surface area contributed by atoms with Crippen molar-refractivity contribution in [3.8, 4) is 5.69 Å². The topological polar surface area (TPSA) is 84.2 Å². The lowest BCUT2D eigenvalue weighted by atomic mass is 10.2. The molecule has 3 aromatic carbocycles. The van der Waals surface area contributed by atoms with Crippen molar-refractivity contribution >= 4 is 29.6 Å². The molecule has 1 heterocycles. The first kappa shape index (κ1) is 23.2. The highest BCUT2D eigenvalue weighted by Crippen LogP contribution is 2.26. The molecule has 172 valence electrons. The van der Waals surface area contributed by atoms with E-state index >= 15 is 0 Å². The molecule has 34 heavy (non-hydrogen) atoms. The molecule has 0 bridgehead atoms. The van der Waals surface area contributed by atoms with Gasteiger partial charge in [0.2, 0.25) is 0 Å². The van der Waals surface area contributed by atoms with Crippen LogP contribution in [0.3, 0.4) is 0 Å². The predicted molar refractivity (Wildman–Crippen MR) is 133 cm³/mol. The maximum Gasteiger partial charge on any atom is 0.253 e. The number of para-hydroxylation sites is 2. The smallest absolute Gasteiger partial charge is 0.253 e. The number of hydrazone groups is 1. The third-order valence-corrected chi connectivity index (χ3v) is 5.89. The molecule has 0 aliphatic heterocycles. The largest absolute Gasteiger partial charge is 0.378 e. The van der Waals surface area contributed by atoms with Crippen molar-refractivity contribution < 1.29 is 9.18 Å². The number of thioether (sulfide) groups is 1. The van der Waals surface area contributed by atoms with Crippen molar-refractivity contribution in [2.45, 2.75) is 23.9 Å². The molecule has 0 aliphatic carbocycles. The summed E-state index contributed by atoms with van der Waals surface area (Å²) in [6, 6.07) is 25.5. The summed E-state index contributed by atoms with van der Waals surface area (Å²) in [6.07, 6.45) is 1.47. The van der Waals surface area contributed by atoms with Crippen LogP contribution in [0.25, 0.3) is 5.69 Å². The second-order valence-corrected chi connectivity index (χ2v) is 8.64. The summed E-state index contributed by atoms with van der Waals surface area (Å²) in [7, 11) is 0. The van der Waals surface area contributed by atoms with Gasteiger partial charge < -0.3 is 5.32 Å². The van der Waals surface area contributed by atoms with Gasteiger partial charge in [-0.2, -0.15) is 5.10 Å². The Hall–Kier alpha value is -3.98. The Kier molecular flexibility index (Phi) is 7.67. The maximum absolute atomic E-state index is 13.0. The minimum atomic E-state index is -0.480. The van der Waals surface area contributed by atoms with Gasteiger partial charge in [-0.05, 0) is 48.9 Å². The Labute approximate surface area is 201 Å². The van der Waals surface area contributed by atoms with Crippen LogP contribution in [0, 0.1) is 5.82 Å². The molecule has 1 aromatic heterocycles. The van der Waals surface area contributed by atoms with E-state index in [1.165, 1.54) is 30.1 Å². The fraction of sp³-hybridized carbons (Fsp3) is 0.120. The number of nitrogens with one attached hydrogen (secondary N) is 2. The summed E-state index contributed by atoms with van der Waals surface area (Å²) in [5.41, 5.74) is 5.09. The molecule has 0 aliphatic rings. The monoisotopic (exact) mass is 474 g/mol. The molecule has 7 nitrogen and oxygen atoms in total. The van der Waals surface area contributed by atoms with Crippen molar-refractivity contribution in [3.63, 3.8) is 0 Å². The third-order valence-electron chi connectivity index (χ3n) is 4.85. The van der Waals surface area contributed by atoms with E-state index in [2.05, 4.69) is 26.0 Å². The number of anilines is 1. The SMILES string of the molecule is CC(Sc1nnc(CNc2ccccc2)n1-c1ccccc1)C(=O)NN=Cc1ccc(F)cc1. The third kappa shape index (κ3) is 6.08. The molecule has 9 heteroatoms. The van der Waals surface area contributed by atoms with Crippen LogP contribution in [0.15, 0.2) is 95.2 Å². The number of amides is 1.